The van der Waals surface area contributed by atoms with Gasteiger partial charge in [-0.05, 0) is 32.7 Å². The van der Waals surface area contributed by atoms with Crippen molar-refractivity contribution in [2.75, 3.05) is 6.54 Å². The summed E-state index contributed by atoms with van der Waals surface area (Å²) in [4.78, 5) is 6.18. The van der Waals surface area contributed by atoms with E-state index in [1.807, 2.05) is 11.3 Å². The number of thiazole rings is 1. The molecule has 0 aliphatic rings. The van der Waals surface area contributed by atoms with Crippen LogP contribution in [0.25, 0.3) is 0 Å². The first kappa shape index (κ1) is 14.7. The number of rotatable bonds is 8. The molecular formula is C14H26N2S. The minimum Gasteiger partial charge on any atom is -0.308 e. The molecule has 2 nitrogen and oxygen atoms in total. The van der Waals surface area contributed by atoms with Crippen LogP contribution in [-0.4, -0.2) is 11.5 Å². The van der Waals surface area contributed by atoms with Gasteiger partial charge in [-0.2, -0.15) is 0 Å². The SMILES string of the molecule is CCCCC(NCCC)c1nc(CC)c(C)s1. The van der Waals surface area contributed by atoms with Crippen molar-refractivity contribution in [3.8, 4) is 0 Å². The molecule has 0 bridgehead atoms. The number of nitrogens with one attached hydrogen (secondary N) is 1. The summed E-state index contributed by atoms with van der Waals surface area (Å²) in [6.07, 6.45) is 5.99. The van der Waals surface area contributed by atoms with Crippen molar-refractivity contribution in [2.24, 2.45) is 0 Å². The first-order valence-corrected chi connectivity index (χ1v) is 7.74. The van der Waals surface area contributed by atoms with Crippen LogP contribution in [0.3, 0.4) is 0 Å². The van der Waals surface area contributed by atoms with Gasteiger partial charge in [-0.3, -0.25) is 0 Å². The summed E-state index contributed by atoms with van der Waals surface area (Å²) < 4.78 is 0. The van der Waals surface area contributed by atoms with E-state index in [-0.39, 0.29) is 0 Å². The second-order valence-electron chi connectivity index (χ2n) is 4.56. The Balaban J connectivity index is 2.71. The molecule has 0 spiro atoms. The fraction of sp³-hybridized carbons (Fsp3) is 0.786. The second kappa shape index (κ2) is 7.83. The van der Waals surface area contributed by atoms with Crippen LogP contribution in [0.4, 0.5) is 0 Å². The highest BCUT2D eigenvalue weighted by molar-refractivity contribution is 7.11. The summed E-state index contributed by atoms with van der Waals surface area (Å²) in [7, 11) is 0. The molecule has 1 aromatic rings. The van der Waals surface area contributed by atoms with Gasteiger partial charge in [-0.25, -0.2) is 4.98 Å². The van der Waals surface area contributed by atoms with E-state index in [0.29, 0.717) is 6.04 Å². The number of aryl methyl sites for hydroxylation is 2. The highest BCUT2D eigenvalue weighted by Crippen LogP contribution is 2.27. The number of nitrogens with zero attached hydrogens (tertiary/aromatic N) is 1. The summed E-state index contributed by atoms with van der Waals surface area (Å²) in [5, 5.41) is 4.93. The molecule has 1 N–H and O–H groups in total. The highest BCUT2D eigenvalue weighted by atomic mass is 32.1. The third-order valence-electron chi connectivity index (χ3n) is 3.03. The van der Waals surface area contributed by atoms with Crippen LogP contribution in [0.1, 0.15) is 68.1 Å². The standard InChI is InChI=1S/C14H26N2S/c1-5-8-9-13(15-10-6-2)14-16-12(7-3)11(4)17-14/h13,15H,5-10H2,1-4H3. The Hall–Kier alpha value is -0.410. The minimum atomic E-state index is 0.471. The maximum absolute atomic E-state index is 4.79. The van der Waals surface area contributed by atoms with Crippen molar-refractivity contribution in [3.05, 3.63) is 15.6 Å². The monoisotopic (exact) mass is 254 g/mol. The number of unbranched alkanes of at least 4 members (excludes halogenated alkanes) is 1. The maximum Gasteiger partial charge on any atom is 0.110 e. The normalized spacial score (nSPS) is 12.9. The van der Waals surface area contributed by atoms with Gasteiger partial charge < -0.3 is 5.32 Å². The number of hydrogen-bond acceptors (Lipinski definition) is 3. The van der Waals surface area contributed by atoms with E-state index in [9.17, 15) is 0 Å². The summed E-state index contributed by atoms with van der Waals surface area (Å²) in [5.74, 6) is 0. The molecular weight excluding hydrogens is 228 g/mol. The quantitative estimate of drug-likeness (QED) is 0.750. The Kier molecular flexibility index (Phi) is 6.75. The van der Waals surface area contributed by atoms with Crippen LogP contribution in [-0.2, 0) is 6.42 Å². The van der Waals surface area contributed by atoms with Crippen molar-refractivity contribution in [1.82, 2.24) is 10.3 Å². The molecule has 1 aromatic heterocycles. The largest absolute Gasteiger partial charge is 0.308 e. The lowest BCUT2D eigenvalue weighted by Crippen LogP contribution is -2.22. The topological polar surface area (TPSA) is 24.9 Å². The number of hydrogen-bond donors (Lipinski definition) is 1. The fourth-order valence-electron chi connectivity index (χ4n) is 1.97. The van der Waals surface area contributed by atoms with Crippen LogP contribution in [0.5, 0.6) is 0 Å². The predicted octanol–water partition coefficient (Wildman–Crippen LogP) is 4.24. The van der Waals surface area contributed by atoms with Gasteiger partial charge in [0.1, 0.15) is 5.01 Å². The van der Waals surface area contributed by atoms with Gasteiger partial charge in [0.25, 0.3) is 0 Å². The Morgan fingerprint density at radius 3 is 2.53 bits per heavy atom. The van der Waals surface area contributed by atoms with Gasteiger partial charge in [-0.1, -0.05) is 33.6 Å². The van der Waals surface area contributed by atoms with Crippen LogP contribution >= 0.6 is 11.3 Å². The zero-order valence-electron chi connectivity index (χ0n) is 11.7. The molecule has 0 fully saturated rings. The zero-order chi connectivity index (χ0) is 12.7. The smallest absolute Gasteiger partial charge is 0.110 e. The first-order valence-electron chi connectivity index (χ1n) is 6.92. The van der Waals surface area contributed by atoms with Gasteiger partial charge in [-0.15, -0.1) is 11.3 Å². The molecule has 0 aliphatic heterocycles. The van der Waals surface area contributed by atoms with Crippen molar-refractivity contribution in [2.45, 2.75) is 65.8 Å². The molecule has 0 saturated carbocycles. The van der Waals surface area contributed by atoms with E-state index in [4.69, 9.17) is 4.98 Å². The lowest BCUT2D eigenvalue weighted by molar-refractivity contribution is 0.479. The fourth-order valence-corrected chi connectivity index (χ4v) is 3.09. The predicted molar refractivity (Wildman–Crippen MR) is 76.8 cm³/mol. The molecule has 0 amide bonds. The summed E-state index contributed by atoms with van der Waals surface area (Å²) in [6.45, 7) is 9.94. The maximum atomic E-state index is 4.79. The molecule has 1 heterocycles. The molecule has 1 unspecified atom stereocenters. The Labute approximate surface area is 110 Å². The molecule has 1 rings (SSSR count). The average molecular weight is 254 g/mol. The Morgan fingerprint density at radius 2 is 2.00 bits per heavy atom. The molecule has 98 valence electrons. The highest BCUT2D eigenvalue weighted by Gasteiger charge is 2.15. The second-order valence-corrected chi connectivity index (χ2v) is 5.79. The molecule has 17 heavy (non-hydrogen) atoms. The molecule has 0 radical (unpaired) electrons. The van der Waals surface area contributed by atoms with Crippen molar-refractivity contribution in [1.29, 1.82) is 0 Å². The lowest BCUT2D eigenvalue weighted by atomic mass is 10.1. The van der Waals surface area contributed by atoms with Gasteiger partial charge in [0, 0.05) is 4.88 Å². The van der Waals surface area contributed by atoms with E-state index in [2.05, 4.69) is 33.0 Å². The third-order valence-corrected chi connectivity index (χ3v) is 4.16. The van der Waals surface area contributed by atoms with E-state index in [0.717, 1.165) is 13.0 Å². The van der Waals surface area contributed by atoms with Crippen LogP contribution in [0.15, 0.2) is 0 Å². The first-order chi connectivity index (χ1) is 8.22. The molecule has 0 saturated heterocycles. The van der Waals surface area contributed by atoms with Crippen LogP contribution < -0.4 is 5.32 Å². The molecule has 0 aromatic carbocycles. The molecule has 3 heteroatoms. The van der Waals surface area contributed by atoms with Crippen molar-refractivity contribution >= 4 is 11.3 Å². The van der Waals surface area contributed by atoms with E-state index < -0.39 is 0 Å². The van der Waals surface area contributed by atoms with Crippen LogP contribution in [0.2, 0.25) is 0 Å². The van der Waals surface area contributed by atoms with E-state index in [1.54, 1.807) is 0 Å². The van der Waals surface area contributed by atoms with Crippen molar-refractivity contribution < 1.29 is 0 Å². The van der Waals surface area contributed by atoms with E-state index >= 15 is 0 Å². The molecule has 1 atom stereocenters. The average Bonchev–Trinajstić information content (AvgIpc) is 2.70. The van der Waals surface area contributed by atoms with Gasteiger partial charge in [0.15, 0.2) is 0 Å². The zero-order valence-corrected chi connectivity index (χ0v) is 12.5. The van der Waals surface area contributed by atoms with E-state index in [1.165, 1.54) is 41.3 Å². The van der Waals surface area contributed by atoms with Crippen molar-refractivity contribution in [3.63, 3.8) is 0 Å². The third kappa shape index (κ3) is 4.40. The Morgan fingerprint density at radius 1 is 1.24 bits per heavy atom. The molecule has 0 aliphatic carbocycles. The number of aromatic nitrogens is 1. The minimum absolute atomic E-state index is 0.471. The summed E-state index contributed by atoms with van der Waals surface area (Å²) >= 11 is 1.87. The summed E-state index contributed by atoms with van der Waals surface area (Å²) in [5.41, 5.74) is 1.28. The lowest BCUT2D eigenvalue weighted by Gasteiger charge is -2.15. The van der Waals surface area contributed by atoms with Gasteiger partial charge in [0.2, 0.25) is 0 Å². The summed E-state index contributed by atoms with van der Waals surface area (Å²) in [6, 6.07) is 0.471. The van der Waals surface area contributed by atoms with Crippen LogP contribution in [0, 0.1) is 6.92 Å². The van der Waals surface area contributed by atoms with Gasteiger partial charge >= 0.3 is 0 Å². The van der Waals surface area contributed by atoms with Gasteiger partial charge in [0.05, 0.1) is 11.7 Å². The Bertz CT molecular complexity index is 312.